The summed E-state index contributed by atoms with van der Waals surface area (Å²) in [7, 11) is 0. The third-order valence-electron chi connectivity index (χ3n) is 2.75. The van der Waals surface area contributed by atoms with Crippen molar-refractivity contribution in [2.75, 3.05) is 5.32 Å². The summed E-state index contributed by atoms with van der Waals surface area (Å²) in [6, 6.07) is 11.1. The van der Waals surface area contributed by atoms with Crippen molar-refractivity contribution in [2.24, 2.45) is 0 Å². The average Bonchev–Trinajstić information content (AvgIpc) is 2.38. The van der Waals surface area contributed by atoms with Gasteiger partial charge in [-0.1, -0.05) is 18.2 Å². The largest absolute Gasteiger partial charge is 0.379 e. The van der Waals surface area contributed by atoms with Crippen LogP contribution in [-0.2, 0) is 6.54 Å². The van der Waals surface area contributed by atoms with Crippen molar-refractivity contribution in [2.45, 2.75) is 13.5 Å². The second kappa shape index (κ2) is 5.48. The molecule has 0 aromatic heterocycles. The molecule has 2 rings (SSSR count). The van der Waals surface area contributed by atoms with Gasteiger partial charge in [0.1, 0.15) is 5.82 Å². The smallest absolute Gasteiger partial charge is 0.269 e. The Morgan fingerprint density at radius 1 is 1.21 bits per heavy atom. The fraction of sp³-hybridized carbons (Fsp3) is 0.143. The molecule has 1 N–H and O–H groups in total. The first kappa shape index (κ1) is 13.0. The van der Waals surface area contributed by atoms with Crippen LogP contribution in [0.1, 0.15) is 11.1 Å². The minimum absolute atomic E-state index is 0.0465. The summed E-state index contributed by atoms with van der Waals surface area (Å²) < 4.78 is 13.6. The normalized spacial score (nSPS) is 10.2. The molecule has 0 bridgehead atoms. The van der Waals surface area contributed by atoms with Gasteiger partial charge < -0.3 is 5.32 Å². The molecule has 2 aromatic carbocycles. The third kappa shape index (κ3) is 3.28. The van der Waals surface area contributed by atoms with Gasteiger partial charge in [0.05, 0.1) is 10.6 Å². The maximum Gasteiger partial charge on any atom is 0.269 e. The van der Waals surface area contributed by atoms with Crippen LogP contribution in [-0.4, -0.2) is 4.92 Å². The lowest BCUT2D eigenvalue weighted by atomic mass is 10.2. The van der Waals surface area contributed by atoms with E-state index in [0.717, 1.165) is 11.1 Å². The molecule has 0 aliphatic rings. The number of rotatable bonds is 4. The number of benzene rings is 2. The van der Waals surface area contributed by atoms with E-state index < -0.39 is 4.92 Å². The molecule has 19 heavy (non-hydrogen) atoms. The Morgan fingerprint density at radius 2 is 1.89 bits per heavy atom. The molecule has 0 unspecified atom stereocenters. The summed E-state index contributed by atoms with van der Waals surface area (Å²) in [5, 5.41) is 13.5. The molecule has 0 saturated carbocycles. The van der Waals surface area contributed by atoms with E-state index in [-0.39, 0.29) is 11.5 Å². The highest BCUT2D eigenvalue weighted by atomic mass is 19.1. The number of aryl methyl sites for hydroxylation is 1. The van der Waals surface area contributed by atoms with Crippen LogP contribution in [0.5, 0.6) is 0 Å². The van der Waals surface area contributed by atoms with E-state index in [9.17, 15) is 14.5 Å². The minimum atomic E-state index is -0.448. The van der Waals surface area contributed by atoms with Gasteiger partial charge in [-0.25, -0.2) is 4.39 Å². The number of halogens is 1. The predicted molar refractivity (Wildman–Crippen MR) is 71.6 cm³/mol. The van der Waals surface area contributed by atoms with Crippen molar-refractivity contribution < 1.29 is 9.31 Å². The van der Waals surface area contributed by atoms with E-state index in [0.29, 0.717) is 12.2 Å². The Hall–Kier alpha value is -2.43. The van der Waals surface area contributed by atoms with Crippen LogP contribution in [0.3, 0.4) is 0 Å². The number of anilines is 1. The predicted octanol–water partition coefficient (Wildman–Crippen LogP) is 3.65. The molecule has 0 amide bonds. The van der Waals surface area contributed by atoms with Crippen molar-refractivity contribution >= 4 is 11.4 Å². The highest BCUT2D eigenvalue weighted by Gasteiger charge is 2.05. The van der Waals surface area contributed by atoms with Crippen LogP contribution in [0.4, 0.5) is 15.8 Å². The van der Waals surface area contributed by atoms with E-state index in [1.165, 1.54) is 18.2 Å². The first-order chi connectivity index (χ1) is 9.06. The zero-order valence-corrected chi connectivity index (χ0v) is 10.4. The Bertz CT molecular complexity index is 597. The Morgan fingerprint density at radius 3 is 2.47 bits per heavy atom. The van der Waals surface area contributed by atoms with Gasteiger partial charge in [-0.05, 0) is 30.2 Å². The molecule has 0 radical (unpaired) electrons. The second-order valence-electron chi connectivity index (χ2n) is 4.26. The van der Waals surface area contributed by atoms with Crippen LogP contribution in [0.15, 0.2) is 42.5 Å². The molecule has 4 nitrogen and oxygen atoms in total. The number of nitro benzene ring substituents is 1. The number of nitrogens with zero attached hydrogens (tertiary/aromatic N) is 1. The van der Waals surface area contributed by atoms with E-state index in [2.05, 4.69) is 5.32 Å². The van der Waals surface area contributed by atoms with Crippen LogP contribution in [0, 0.1) is 22.9 Å². The van der Waals surface area contributed by atoms with Gasteiger partial charge in [0.15, 0.2) is 0 Å². The van der Waals surface area contributed by atoms with E-state index in [4.69, 9.17) is 0 Å². The Kier molecular flexibility index (Phi) is 3.75. The molecule has 0 fully saturated rings. The zero-order valence-electron chi connectivity index (χ0n) is 10.4. The van der Waals surface area contributed by atoms with Crippen LogP contribution >= 0.6 is 0 Å². The molecule has 0 aliphatic heterocycles. The lowest BCUT2D eigenvalue weighted by Crippen LogP contribution is -2.01. The molecule has 98 valence electrons. The van der Waals surface area contributed by atoms with Gasteiger partial charge in [0, 0.05) is 18.7 Å². The first-order valence-electron chi connectivity index (χ1n) is 5.79. The second-order valence-corrected chi connectivity index (χ2v) is 4.26. The summed E-state index contributed by atoms with van der Waals surface area (Å²) in [6.45, 7) is 2.24. The molecule has 5 heteroatoms. The van der Waals surface area contributed by atoms with Gasteiger partial charge in [0.25, 0.3) is 5.69 Å². The molecule has 0 atom stereocenters. The minimum Gasteiger partial charge on any atom is -0.379 e. The monoisotopic (exact) mass is 260 g/mol. The van der Waals surface area contributed by atoms with Gasteiger partial charge in [-0.2, -0.15) is 0 Å². The molecular weight excluding hydrogens is 247 g/mol. The van der Waals surface area contributed by atoms with Gasteiger partial charge in [-0.15, -0.1) is 0 Å². The van der Waals surface area contributed by atoms with Crippen LogP contribution < -0.4 is 5.32 Å². The molecule has 0 spiro atoms. The van der Waals surface area contributed by atoms with Crippen molar-refractivity contribution in [3.8, 4) is 0 Å². The SMILES string of the molecule is Cc1ccc(NCc2ccc([N+](=O)[O-])cc2)c(F)c1. The standard InChI is InChI=1S/C14H13FN2O2/c1-10-2-7-14(13(15)8-10)16-9-11-3-5-12(6-4-11)17(18)19/h2-8,16H,9H2,1H3. The van der Waals surface area contributed by atoms with Crippen molar-refractivity contribution in [1.29, 1.82) is 0 Å². The fourth-order valence-electron chi connectivity index (χ4n) is 1.70. The van der Waals surface area contributed by atoms with E-state index in [1.807, 2.05) is 13.0 Å². The Labute approximate surface area is 110 Å². The maximum atomic E-state index is 13.6. The zero-order chi connectivity index (χ0) is 13.8. The van der Waals surface area contributed by atoms with E-state index in [1.54, 1.807) is 18.2 Å². The highest BCUT2D eigenvalue weighted by Crippen LogP contribution is 2.17. The summed E-state index contributed by atoms with van der Waals surface area (Å²) in [5.74, 6) is -0.304. The quantitative estimate of drug-likeness (QED) is 0.674. The molecule has 0 saturated heterocycles. The summed E-state index contributed by atoms with van der Waals surface area (Å²) >= 11 is 0. The fourth-order valence-corrected chi connectivity index (χ4v) is 1.70. The number of nitro groups is 1. The summed E-state index contributed by atoms with van der Waals surface area (Å²) in [4.78, 5) is 10.1. The summed E-state index contributed by atoms with van der Waals surface area (Å²) in [5.41, 5.74) is 2.18. The van der Waals surface area contributed by atoms with Gasteiger partial charge >= 0.3 is 0 Å². The average molecular weight is 260 g/mol. The number of non-ortho nitro benzene ring substituents is 1. The van der Waals surface area contributed by atoms with Crippen molar-refractivity contribution in [3.05, 3.63) is 69.5 Å². The van der Waals surface area contributed by atoms with Crippen molar-refractivity contribution in [3.63, 3.8) is 0 Å². The van der Waals surface area contributed by atoms with E-state index >= 15 is 0 Å². The number of hydrogen-bond donors (Lipinski definition) is 1. The van der Waals surface area contributed by atoms with Crippen molar-refractivity contribution in [1.82, 2.24) is 0 Å². The van der Waals surface area contributed by atoms with Gasteiger partial charge in [0.2, 0.25) is 0 Å². The molecule has 0 aliphatic carbocycles. The Balaban J connectivity index is 2.04. The number of hydrogen-bond acceptors (Lipinski definition) is 3. The molecular formula is C14H13FN2O2. The maximum absolute atomic E-state index is 13.6. The van der Waals surface area contributed by atoms with Gasteiger partial charge in [-0.3, -0.25) is 10.1 Å². The highest BCUT2D eigenvalue weighted by molar-refractivity contribution is 5.47. The van der Waals surface area contributed by atoms with Crippen LogP contribution in [0.2, 0.25) is 0 Å². The number of nitrogens with one attached hydrogen (secondary N) is 1. The topological polar surface area (TPSA) is 55.2 Å². The molecule has 0 heterocycles. The third-order valence-corrected chi connectivity index (χ3v) is 2.75. The molecule has 2 aromatic rings. The summed E-state index contributed by atoms with van der Waals surface area (Å²) in [6.07, 6.45) is 0. The first-order valence-corrected chi connectivity index (χ1v) is 5.79. The lowest BCUT2D eigenvalue weighted by Gasteiger charge is -2.08. The lowest BCUT2D eigenvalue weighted by molar-refractivity contribution is -0.384. The van der Waals surface area contributed by atoms with Crippen LogP contribution in [0.25, 0.3) is 0 Å².